The Bertz CT molecular complexity index is 121. The molecule has 1 unspecified atom stereocenters. The molecule has 9 heavy (non-hydrogen) atoms. The van der Waals surface area contributed by atoms with Crippen LogP contribution < -0.4 is 0 Å². The van der Waals surface area contributed by atoms with Gasteiger partial charge in [-0.3, -0.25) is 0 Å². The van der Waals surface area contributed by atoms with E-state index in [9.17, 15) is 0 Å². The van der Waals surface area contributed by atoms with Crippen molar-refractivity contribution in [2.24, 2.45) is 5.92 Å². The van der Waals surface area contributed by atoms with Crippen LogP contribution in [0.25, 0.3) is 0 Å². The van der Waals surface area contributed by atoms with Crippen LogP contribution in [-0.2, 0) is 0 Å². The van der Waals surface area contributed by atoms with Crippen LogP contribution in [0.5, 0.6) is 0 Å². The van der Waals surface area contributed by atoms with E-state index in [0.29, 0.717) is 4.83 Å². The summed E-state index contributed by atoms with van der Waals surface area (Å²) in [4.78, 5) is 0.568. The average Bonchev–Trinajstić information content (AvgIpc) is 2.50. The minimum Gasteiger partial charge on any atom is -0.0846 e. The van der Waals surface area contributed by atoms with Gasteiger partial charge in [-0.2, -0.15) is 0 Å². The molecule has 1 heteroatoms. The monoisotopic (exact) mass is 188 g/mol. The van der Waals surface area contributed by atoms with Crippen molar-refractivity contribution in [2.45, 2.75) is 31.5 Å². The second kappa shape index (κ2) is 2.87. The summed E-state index contributed by atoms with van der Waals surface area (Å²) in [6, 6.07) is 0. The highest BCUT2D eigenvalue weighted by Crippen LogP contribution is 2.32. The lowest BCUT2D eigenvalue weighted by Crippen LogP contribution is -1.90. The molecule has 52 valence electrons. The molecule has 0 heterocycles. The summed E-state index contributed by atoms with van der Waals surface area (Å²) < 4.78 is 0. The first-order valence-electron chi connectivity index (χ1n) is 3.52. The highest BCUT2D eigenvalue weighted by atomic mass is 79.9. The lowest BCUT2D eigenvalue weighted by Gasteiger charge is -2.00. The summed E-state index contributed by atoms with van der Waals surface area (Å²) in [7, 11) is 0. The fourth-order valence-electron chi connectivity index (χ4n) is 0.767. The molecule has 1 rings (SSSR count). The number of halogens is 1. The molecule has 0 saturated heterocycles. The lowest BCUT2D eigenvalue weighted by atomic mass is 10.2. The first kappa shape index (κ1) is 7.33. The molecule has 0 aliphatic heterocycles. The molecule has 0 nitrogen and oxygen atoms in total. The molecule has 0 aromatic carbocycles. The van der Waals surface area contributed by atoms with Gasteiger partial charge in [0.1, 0.15) is 0 Å². The maximum absolute atomic E-state index is 3.53. The summed E-state index contributed by atoms with van der Waals surface area (Å²) in [6.07, 6.45) is 5.22. The van der Waals surface area contributed by atoms with Gasteiger partial charge in [0.2, 0.25) is 0 Å². The number of allylic oxidation sites excluding steroid dienone is 2. The zero-order chi connectivity index (χ0) is 6.85. The van der Waals surface area contributed by atoms with Gasteiger partial charge in [-0.1, -0.05) is 27.6 Å². The van der Waals surface area contributed by atoms with Crippen molar-refractivity contribution < 1.29 is 0 Å². The molecule has 1 saturated carbocycles. The van der Waals surface area contributed by atoms with E-state index < -0.39 is 0 Å². The molecule has 1 atom stereocenters. The molecule has 0 radical (unpaired) electrons. The van der Waals surface area contributed by atoms with Gasteiger partial charge in [0.25, 0.3) is 0 Å². The topological polar surface area (TPSA) is 0 Å². The van der Waals surface area contributed by atoms with Crippen molar-refractivity contribution in [3.05, 3.63) is 11.6 Å². The van der Waals surface area contributed by atoms with Crippen LogP contribution in [0.3, 0.4) is 0 Å². The number of alkyl halides is 1. The Balaban J connectivity index is 2.37. The van der Waals surface area contributed by atoms with Crippen molar-refractivity contribution in [3.8, 4) is 0 Å². The summed E-state index contributed by atoms with van der Waals surface area (Å²) >= 11 is 3.53. The third-order valence-corrected chi connectivity index (χ3v) is 2.47. The molecule has 0 aromatic heterocycles. The Hall–Kier alpha value is 0.220. The highest BCUT2D eigenvalue weighted by Gasteiger charge is 2.18. The smallest absolute Gasteiger partial charge is 0.0323 e. The van der Waals surface area contributed by atoms with Crippen LogP contribution >= 0.6 is 15.9 Å². The number of hydrogen-bond acceptors (Lipinski definition) is 0. The largest absolute Gasteiger partial charge is 0.0846 e. The first-order chi connectivity index (χ1) is 4.20. The standard InChI is InChI=1S/C8H13Br/c1-6(7(2)9)5-8-3-4-8/h5,7-8H,3-4H2,1-2H3/b6-5+. The van der Waals surface area contributed by atoms with Crippen LogP contribution in [0, 0.1) is 5.92 Å². The Morgan fingerprint density at radius 2 is 2.22 bits per heavy atom. The van der Waals surface area contributed by atoms with E-state index in [4.69, 9.17) is 0 Å². The third-order valence-electron chi connectivity index (χ3n) is 1.75. The van der Waals surface area contributed by atoms with E-state index >= 15 is 0 Å². The van der Waals surface area contributed by atoms with Gasteiger partial charge < -0.3 is 0 Å². The predicted molar refractivity (Wildman–Crippen MR) is 44.9 cm³/mol. The molecule has 1 fully saturated rings. The van der Waals surface area contributed by atoms with Gasteiger partial charge in [-0.05, 0) is 32.6 Å². The molecule has 0 amide bonds. The van der Waals surface area contributed by atoms with E-state index in [0.717, 1.165) is 5.92 Å². The van der Waals surface area contributed by atoms with E-state index in [1.807, 2.05) is 0 Å². The van der Waals surface area contributed by atoms with Gasteiger partial charge in [-0.25, -0.2) is 0 Å². The minimum atomic E-state index is 0.568. The van der Waals surface area contributed by atoms with E-state index in [1.54, 1.807) is 0 Å². The third kappa shape index (κ3) is 2.53. The molecular formula is C8H13Br. The average molecular weight is 189 g/mol. The van der Waals surface area contributed by atoms with Crippen molar-refractivity contribution in [3.63, 3.8) is 0 Å². The van der Waals surface area contributed by atoms with Crippen molar-refractivity contribution in [2.75, 3.05) is 0 Å². The Morgan fingerprint density at radius 1 is 1.67 bits per heavy atom. The molecule has 1 aliphatic carbocycles. The first-order valence-corrected chi connectivity index (χ1v) is 4.44. The van der Waals surface area contributed by atoms with Crippen LogP contribution in [0.1, 0.15) is 26.7 Å². The van der Waals surface area contributed by atoms with Crippen LogP contribution in [0.2, 0.25) is 0 Å². The summed E-state index contributed by atoms with van der Waals surface area (Å²) in [5.74, 6) is 0.921. The fourth-order valence-corrected chi connectivity index (χ4v) is 0.920. The normalized spacial score (nSPS) is 24.1. The Kier molecular flexibility index (Phi) is 2.34. The second-order valence-electron chi connectivity index (χ2n) is 2.86. The quantitative estimate of drug-likeness (QED) is 0.462. The van der Waals surface area contributed by atoms with Gasteiger partial charge in [0.15, 0.2) is 0 Å². The fraction of sp³-hybridized carbons (Fsp3) is 0.750. The highest BCUT2D eigenvalue weighted by molar-refractivity contribution is 9.09. The maximum Gasteiger partial charge on any atom is 0.0323 e. The molecule has 0 N–H and O–H groups in total. The van der Waals surface area contributed by atoms with E-state index in [1.165, 1.54) is 18.4 Å². The molecule has 0 spiro atoms. The second-order valence-corrected chi connectivity index (χ2v) is 4.24. The molecular weight excluding hydrogens is 176 g/mol. The number of hydrogen-bond donors (Lipinski definition) is 0. The van der Waals surface area contributed by atoms with Gasteiger partial charge in [-0.15, -0.1) is 0 Å². The van der Waals surface area contributed by atoms with Gasteiger partial charge in [0.05, 0.1) is 0 Å². The van der Waals surface area contributed by atoms with Crippen LogP contribution in [0.4, 0.5) is 0 Å². The van der Waals surface area contributed by atoms with Gasteiger partial charge in [0, 0.05) is 4.83 Å². The van der Waals surface area contributed by atoms with Crippen molar-refractivity contribution >= 4 is 15.9 Å². The summed E-state index contributed by atoms with van der Waals surface area (Å²) in [6.45, 7) is 4.37. The Labute approximate surface area is 65.5 Å². The van der Waals surface area contributed by atoms with Crippen molar-refractivity contribution in [1.29, 1.82) is 0 Å². The molecule has 0 bridgehead atoms. The summed E-state index contributed by atoms with van der Waals surface area (Å²) in [5, 5.41) is 0. The van der Waals surface area contributed by atoms with Crippen molar-refractivity contribution in [1.82, 2.24) is 0 Å². The maximum atomic E-state index is 3.53. The van der Waals surface area contributed by atoms with E-state index in [2.05, 4.69) is 35.9 Å². The minimum absolute atomic E-state index is 0.568. The SMILES string of the molecule is C/C(=C\C1CC1)C(C)Br. The van der Waals surface area contributed by atoms with Crippen LogP contribution in [0.15, 0.2) is 11.6 Å². The van der Waals surface area contributed by atoms with E-state index in [-0.39, 0.29) is 0 Å². The zero-order valence-corrected chi connectivity index (χ0v) is 7.61. The summed E-state index contributed by atoms with van der Waals surface area (Å²) in [5.41, 5.74) is 1.48. The lowest BCUT2D eigenvalue weighted by molar-refractivity contribution is 1.04. The molecule has 1 aliphatic rings. The zero-order valence-electron chi connectivity index (χ0n) is 6.02. The predicted octanol–water partition coefficient (Wildman–Crippen LogP) is 3.13. The van der Waals surface area contributed by atoms with Crippen LogP contribution in [-0.4, -0.2) is 4.83 Å². The molecule has 0 aromatic rings. The Morgan fingerprint density at radius 3 is 2.56 bits per heavy atom. The number of rotatable bonds is 2. The van der Waals surface area contributed by atoms with Gasteiger partial charge >= 0.3 is 0 Å².